The number of likely N-dealkylation sites (N-methyl/N-ethyl adjacent to an activating group) is 1. The maximum absolute atomic E-state index is 12.7. The van der Waals surface area contributed by atoms with E-state index in [4.69, 9.17) is 32.5 Å². The zero-order valence-corrected chi connectivity index (χ0v) is 20.7. The van der Waals surface area contributed by atoms with Gasteiger partial charge in [-0.15, -0.1) is 0 Å². The molecule has 1 aromatic carbocycles. The van der Waals surface area contributed by atoms with Gasteiger partial charge in [-0.1, -0.05) is 37.0 Å². The molecule has 0 spiro atoms. The molecular formula is C22H29BCl2N2O6. The molecule has 0 unspecified atom stereocenters. The maximum Gasteiger partial charge on any atom is 0.602 e. The molecule has 2 atom stereocenters. The molecule has 1 aromatic rings. The summed E-state index contributed by atoms with van der Waals surface area (Å²) in [6, 6.07) is 3.91. The molecule has 0 aromatic heterocycles. The lowest BCUT2D eigenvalue weighted by Gasteiger charge is -2.25. The number of amides is 1. The monoisotopic (exact) mass is 498 g/mol. The van der Waals surface area contributed by atoms with Crippen molar-refractivity contribution in [1.82, 2.24) is 10.2 Å². The second-order valence-corrected chi connectivity index (χ2v) is 9.48. The molecule has 0 saturated carbocycles. The molecule has 1 N–H and O–H groups in total. The van der Waals surface area contributed by atoms with Crippen LogP contribution in [0.2, 0.25) is 15.9 Å². The zero-order chi connectivity index (χ0) is 24.7. The molecule has 1 heterocycles. The first kappa shape index (κ1) is 27.2. The Hall–Kier alpha value is -2.10. The number of hydrogen-bond donors (Lipinski definition) is 1. The average Bonchev–Trinajstić information content (AvgIpc) is 2.79. The van der Waals surface area contributed by atoms with Crippen LogP contribution in [0.5, 0.6) is 0 Å². The minimum atomic E-state index is -1.18. The van der Waals surface area contributed by atoms with Gasteiger partial charge in [0.15, 0.2) is 5.78 Å². The molecule has 1 amide bonds. The number of hydrogen-bond acceptors (Lipinski definition) is 7. The van der Waals surface area contributed by atoms with E-state index in [1.165, 1.54) is 12.1 Å². The van der Waals surface area contributed by atoms with Crippen LogP contribution in [-0.2, 0) is 23.7 Å². The molecule has 8 nitrogen and oxygen atoms in total. The highest BCUT2D eigenvalue weighted by molar-refractivity contribution is 6.51. The van der Waals surface area contributed by atoms with Crippen LogP contribution in [0.15, 0.2) is 18.2 Å². The number of nitrogens with zero attached hydrogens (tertiary/aromatic N) is 1. The summed E-state index contributed by atoms with van der Waals surface area (Å²) in [5.74, 6) is -2.26. The first-order chi connectivity index (χ1) is 15.5. The van der Waals surface area contributed by atoms with Crippen molar-refractivity contribution in [3.05, 3.63) is 33.8 Å². The Morgan fingerprint density at radius 1 is 1.24 bits per heavy atom. The van der Waals surface area contributed by atoms with Crippen LogP contribution in [0.3, 0.4) is 0 Å². The summed E-state index contributed by atoms with van der Waals surface area (Å²) >= 11 is 12.0. The Labute approximate surface area is 204 Å². The van der Waals surface area contributed by atoms with Crippen LogP contribution in [0.25, 0.3) is 0 Å². The van der Waals surface area contributed by atoms with E-state index in [-0.39, 0.29) is 41.7 Å². The van der Waals surface area contributed by atoms with Gasteiger partial charge in [-0.3, -0.25) is 24.1 Å². The van der Waals surface area contributed by atoms with Gasteiger partial charge in [0, 0.05) is 23.8 Å². The van der Waals surface area contributed by atoms with E-state index in [0.29, 0.717) is 18.0 Å². The van der Waals surface area contributed by atoms with Crippen molar-refractivity contribution in [1.29, 1.82) is 0 Å². The smallest absolute Gasteiger partial charge is 0.499 e. The summed E-state index contributed by atoms with van der Waals surface area (Å²) in [4.78, 5) is 51.6. The molecular weight excluding hydrogens is 470 g/mol. The predicted molar refractivity (Wildman–Crippen MR) is 126 cm³/mol. The number of nitrogens with one attached hydrogen (secondary N) is 1. The van der Waals surface area contributed by atoms with E-state index in [1.54, 1.807) is 24.9 Å². The number of benzene rings is 1. The topological polar surface area (TPSA) is 102 Å². The fourth-order valence-electron chi connectivity index (χ4n) is 3.47. The van der Waals surface area contributed by atoms with E-state index in [9.17, 15) is 19.2 Å². The van der Waals surface area contributed by atoms with Crippen LogP contribution < -0.4 is 5.32 Å². The second kappa shape index (κ2) is 12.4. The van der Waals surface area contributed by atoms with Crippen molar-refractivity contribution in [2.75, 3.05) is 20.1 Å². The number of Topliss-reactive ketones (excluding diaryl/α,β-unsaturated/α-hetero) is 1. The summed E-state index contributed by atoms with van der Waals surface area (Å²) in [6.45, 7) is 5.69. The molecule has 1 fully saturated rings. The van der Waals surface area contributed by atoms with Gasteiger partial charge in [0.25, 0.3) is 11.9 Å². The van der Waals surface area contributed by atoms with E-state index >= 15 is 0 Å². The van der Waals surface area contributed by atoms with E-state index in [0.717, 1.165) is 0 Å². The highest BCUT2D eigenvalue weighted by atomic mass is 35.5. The van der Waals surface area contributed by atoms with Crippen LogP contribution in [0, 0.1) is 5.92 Å². The Kier molecular flexibility index (Phi) is 10.2. The lowest BCUT2D eigenvalue weighted by atomic mass is 9.65. The molecule has 0 aliphatic carbocycles. The maximum atomic E-state index is 12.7. The first-order valence-electron chi connectivity index (χ1n) is 10.8. The molecule has 0 radical (unpaired) electrons. The summed E-state index contributed by atoms with van der Waals surface area (Å²) in [5.41, 5.74) is 0.160. The van der Waals surface area contributed by atoms with Gasteiger partial charge in [-0.2, -0.15) is 0 Å². The quantitative estimate of drug-likeness (QED) is 0.548. The third-order valence-corrected chi connectivity index (χ3v) is 5.98. The normalized spacial score (nSPS) is 18.6. The van der Waals surface area contributed by atoms with Crippen LogP contribution in [0.1, 0.15) is 50.4 Å². The number of ketones is 1. The Balaban J connectivity index is 2.09. The van der Waals surface area contributed by atoms with Gasteiger partial charge in [0.1, 0.15) is 6.04 Å². The highest BCUT2D eigenvalue weighted by Gasteiger charge is 2.41. The standard InChI is InChI=1S/C22H29BCl2N2O6/c1-13(2)9-15(23-32-20(29)7-8-27(4)14(3)22(31)33-23)10-17(28)12-26-21(30)18-11-16(24)5-6-19(18)25/h5-6,11,13-15H,7-10,12H2,1-4H3,(H,26,30)/t14-,15-/m1/s1. The largest absolute Gasteiger partial charge is 0.602 e. The zero-order valence-electron chi connectivity index (χ0n) is 19.2. The Morgan fingerprint density at radius 2 is 1.94 bits per heavy atom. The molecule has 1 aliphatic heterocycles. The number of carbonyl (C=O) groups is 4. The minimum absolute atomic E-state index is 0.0445. The summed E-state index contributed by atoms with van der Waals surface area (Å²) in [5, 5.41) is 3.09. The number of rotatable bonds is 8. The van der Waals surface area contributed by atoms with E-state index < -0.39 is 36.8 Å². The molecule has 2 rings (SSSR count). The SMILES string of the molecule is CC(C)C[C@H](CC(=O)CNC(=O)c1cc(Cl)ccc1Cl)B1OC(=O)CCN(C)[C@H](C)C(=O)O1. The number of carbonyl (C=O) groups excluding carboxylic acids is 4. The Morgan fingerprint density at radius 3 is 2.61 bits per heavy atom. The van der Waals surface area contributed by atoms with Crippen molar-refractivity contribution >= 4 is 53.9 Å². The highest BCUT2D eigenvalue weighted by Crippen LogP contribution is 2.28. The van der Waals surface area contributed by atoms with Gasteiger partial charge >= 0.3 is 13.1 Å². The van der Waals surface area contributed by atoms with Crippen molar-refractivity contribution in [3.63, 3.8) is 0 Å². The Bertz CT molecular complexity index is 898. The van der Waals surface area contributed by atoms with Crippen LogP contribution in [-0.4, -0.2) is 61.8 Å². The lowest BCUT2D eigenvalue weighted by Crippen LogP contribution is -2.41. The minimum Gasteiger partial charge on any atom is -0.499 e. The lowest BCUT2D eigenvalue weighted by molar-refractivity contribution is -0.142. The van der Waals surface area contributed by atoms with Crippen LogP contribution in [0.4, 0.5) is 0 Å². The first-order valence-corrected chi connectivity index (χ1v) is 11.6. The fraction of sp³-hybridized carbons (Fsp3) is 0.545. The average molecular weight is 499 g/mol. The van der Waals surface area contributed by atoms with Gasteiger partial charge in [-0.25, -0.2) is 0 Å². The molecule has 180 valence electrons. The van der Waals surface area contributed by atoms with E-state index in [2.05, 4.69) is 5.32 Å². The molecule has 0 bridgehead atoms. The third kappa shape index (κ3) is 8.32. The van der Waals surface area contributed by atoms with Crippen LogP contribution >= 0.6 is 23.2 Å². The van der Waals surface area contributed by atoms with Crippen molar-refractivity contribution in [3.8, 4) is 0 Å². The summed E-state index contributed by atoms with van der Waals surface area (Å²) < 4.78 is 11.0. The van der Waals surface area contributed by atoms with Crippen molar-refractivity contribution in [2.45, 2.75) is 51.9 Å². The van der Waals surface area contributed by atoms with Gasteiger partial charge < -0.3 is 14.6 Å². The predicted octanol–water partition coefficient (Wildman–Crippen LogP) is 3.40. The molecule has 1 aliphatic rings. The second-order valence-electron chi connectivity index (χ2n) is 8.64. The summed E-state index contributed by atoms with van der Waals surface area (Å²) in [6.07, 6.45) is 0.541. The fourth-order valence-corrected chi connectivity index (χ4v) is 3.84. The molecule has 11 heteroatoms. The van der Waals surface area contributed by atoms with Crippen molar-refractivity contribution < 1.29 is 28.5 Å². The molecule has 1 saturated heterocycles. The number of halogens is 2. The third-order valence-electron chi connectivity index (χ3n) is 5.42. The van der Waals surface area contributed by atoms with E-state index in [1.807, 2.05) is 13.8 Å². The van der Waals surface area contributed by atoms with Gasteiger partial charge in [-0.05, 0) is 44.5 Å². The molecule has 33 heavy (non-hydrogen) atoms. The van der Waals surface area contributed by atoms with Gasteiger partial charge in [0.2, 0.25) is 0 Å². The van der Waals surface area contributed by atoms with Gasteiger partial charge in [0.05, 0.1) is 23.6 Å². The summed E-state index contributed by atoms with van der Waals surface area (Å²) in [7, 11) is 0.548. The van der Waals surface area contributed by atoms with Crippen molar-refractivity contribution in [2.24, 2.45) is 5.92 Å².